The predicted molar refractivity (Wildman–Crippen MR) is 81.0 cm³/mol. The van der Waals surface area contributed by atoms with Crippen LogP contribution in [-0.2, 0) is 17.9 Å². The summed E-state index contributed by atoms with van der Waals surface area (Å²) in [5.74, 6) is 0.553. The summed E-state index contributed by atoms with van der Waals surface area (Å²) in [7, 11) is 0. The topological polar surface area (TPSA) is 107 Å². The molecule has 0 aromatic carbocycles. The minimum Gasteiger partial charge on any atom is -0.351 e. The van der Waals surface area contributed by atoms with Gasteiger partial charge < -0.3 is 20.9 Å². The Labute approximate surface area is 129 Å². The lowest BCUT2D eigenvalue weighted by atomic mass is 10.1. The second-order valence-corrected chi connectivity index (χ2v) is 5.92. The quantitative estimate of drug-likeness (QED) is 0.757. The molecule has 1 aromatic heterocycles. The minimum absolute atomic E-state index is 0.0328. The van der Waals surface area contributed by atoms with E-state index in [1.54, 1.807) is 0 Å². The molecule has 1 fully saturated rings. The van der Waals surface area contributed by atoms with Gasteiger partial charge in [0.15, 0.2) is 0 Å². The average molecular weight is 306 g/mol. The molecule has 0 atom stereocenters. The Morgan fingerprint density at radius 2 is 2.00 bits per heavy atom. The SMILES string of the molecule is NC(=O)N1Cc2n[nH]c(NC(=O)CCN3CCCCC3)c2C1. The number of aromatic amines is 1. The van der Waals surface area contributed by atoms with Crippen molar-refractivity contribution in [3.05, 3.63) is 11.3 Å². The van der Waals surface area contributed by atoms with E-state index in [1.807, 2.05) is 0 Å². The number of H-pyrrole nitrogens is 1. The van der Waals surface area contributed by atoms with Crippen LogP contribution in [0.3, 0.4) is 0 Å². The maximum Gasteiger partial charge on any atom is 0.315 e. The number of carbonyl (C=O) groups excluding carboxylic acids is 2. The van der Waals surface area contributed by atoms with E-state index in [9.17, 15) is 9.59 Å². The van der Waals surface area contributed by atoms with E-state index in [0.717, 1.165) is 30.9 Å². The number of nitrogens with one attached hydrogen (secondary N) is 2. The maximum absolute atomic E-state index is 12.1. The third kappa shape index (κ3) is 3.22. The zero-order valence-corrected chi connectivity index (χ0v) is 12.6. The Morgan fingerprint density at radius 1 is 1.23 bits per heavy atom. The zero-order chi connectivity index (χ0) is 15.5. The summed E-state index contributed by atoms with van der Waals surface area (Å²) in [6.45, 7) is 3.74. The smallest absolute Gasteiger partial charge is 0.315 e. The molecule has 0 radical (unpaired) electrons. The Kier molecular flexibility index (Phi) is 4.28. The van der Waals surface area contributed by atoms with Gasteiger partial charge in [-0.15, -0.1) is 0 Å². The van der Waals surface area contributed by atoms with Crippen LogP contribution in [0.25, 0.3) is 0 Å². The molecule has 4 N–H and O–H groups in total. The van der Waals surface area contributed by atoms with Gasteiger partial charge in [-0.3, -0.25) is 9.89 Å². The van der Waals surface area contributed by atoms with E-state index >= 15 is 0 Å². The molecule has 1 saturated heterocycles. The first-order chi connectivity index (χ1) is 10.6. The van der Waals surface area contributed by atoms with Crippen molar-refractivity contribution in [2.45, 2.75) is 38.8 Å². The van der Waals surface area contributed by atoms with Crippen LogP contribution in [-0.4, -0.2) is 51.6 Å². The number of primary amides is 1. The van der Waals surface area contributed by atoms with Gasteiger partial charge >= 0.3 is 6.03 Å². The lowest BCUT2D eigenvalue weighted by molar-refractivity contribution is -0.116. The van der Waals surface area contributed by atoms with Crippen molar-refractivity contribution >= 4 is 17.8 Å². The molecule has 3 heterocycles. The van der Waals surface area contributed by atoms with Crippen LogP contribution in [0.1, 0.15) is 36.9 Å². The lowest BCUT2D eigenvalue weighted by Crippen LogP contribution is -2.32. The van der Waals surface area contributed by atoms with Crippen molar-refractivity contribution in [2.75, 3.05) is 25.0 Å². The third-order valence-corrected chi connectivity index (χ3v) is 4.32. The maximum atomic E-state index is 12.1. The van der Waals surface area contributed by atoms with Crippen molar-refractivity contribution < 1.29 is 9.59 Å². The standard InChI is InChI=1S/C14H22N6O2/c15-14(22)20-8-10-11(9-20)17-18-13(10)16-12(21)4-7-19-5-2-1-3-6-19/h1-9H2,(H2,15,22)(H2,16,17,18,21). The summed E-state index contributed by atoms with van der Waals surface area (Å²) in [4.78, 5) is 27.1. The number of aromatic nitrogens is 2. The average Bonchev–Trinajstić information content (AvgIpc) is 3.08. The highest BCUT2D eigenvalue weighted by atomic mass is 16.2. The molecule has 0 spiro atoms. The normalized spacial score (nSPS) is 18.3. The monoisotopic (exact) mass is 306 g/mol. The van der Waals surface area contributed by atoms with Crippen LogP contribution in [0.2, 0.25) is 0 Å². The Bertz CT molecular complexity index is 564. The first-order valence-electron chi connectivity index (χ1n) is 7.76. The van der Waals surface area contributed by atoms with Gasteiger partial charge in [-0.2, -0.15) is 5.10 Å². The third-order valence-electron chi connectivity index (χ3n) is 4.32. The number of fused-ring (bicyclic) bond motifs is 1. The fraction of sp³-hybridized carbons (Fsp3) is 0.643. The summed E-state index contributed by atoms with van der Waals surface area (Å²) in [5.41, 5.74) is 6.89. The van der Waals surface area contributed by atoms with Crippen LogP contribution in [0.15, 0.2) is 0 Å². The number of urea groups is 1. The molecule has 3 amide bonds. The largest absolute Gasteiger partial charge is 0.351 e. The molecule has 0 bridgehead atoms. The van der Waals surface area contributed by atoms with Crippen molar-refractivity contribution in [1.29, 1.82) is 0 Å². The lowest BCUT2D eigenvalue weighted by Gasteiger charge is -2.25. The van der Waals surface area contributed by atoms with Gasteiger partial charge in [0.25, 0.3) is 0 Å². The molecule has 2 aliphatic rings. The summed E-state index contributed by atoms with van der Waals surface area (Å²) < 4.78 is 0. The summed E-state index contributed by atoms with van der Waals surface area (Å²) in [6, 6.07) is -0.472. The molecule has 8 nitrogen and oxygen atoms in total. The molecule has 120 valence electrons. The molecule has 22 heavy (non-hydrogen) atoms. The van der Waals surface area contributed by atoms with Gasteiger partial charge in [0.1, 0.15) is 5.82 Å². The number of piperidine rings is 1. The van der Waals surface area contributed by atoms with E-state index in [2.05, 4.69) is 20.4 Å². The Balaban J connectivity index is 1.51. The number of rotatable bonds is 4. The van der Waals surface area contributed by atoms with Crippen LogP contribution in [0.5, 0.6) is 0 Å². The first kappa shape index (κ1) is 14.8. The van der Waals surface area contributed by atoms with Crippen molar-refractivity contribution in [3.63, 3.8) is 0 Å². The number of hydrogen-bond donors (Lipinski definition) is 3. The molecule has 0 unspecified atom stereocenters. The van der Waals surface area contributed by atoms with E-state index in [-0.39, 0.29) is 5.91 Å². The summed E-state index contributed by atoms with van der Waals surface area (Å²) in [5, 5.41) is 9.82. The highest BCUT2D eigenvalue weighted by Gasteiger charge is 2.27. The number of likely N-dealkylation sites (tertiary alicyclic amines) is 1. The Hall–Kier alpha value is -2.09. The van der Waals surface area contributed by atoms with Crippen molar-refractivity contribution in [2.24, 2.45) is 5.73 Å². The van der Waals surface area contributed by atoms with E-state index in [4.69, 9.17) is 5.73 Å². The minimum atomic E-state index is -0.472. The number of nitrogens with zero attached hydrogens (tertiary/aromatic N) is 3. The van der Waals surface area contributed by atoms with Gasteiger partial charge in [-0.1, -0.05) is 6.42 Å². The highest BCUT2D eigenvalue weighted by Crippen LogP contribution is 2.26. The van der Waals surface area contributed by atoms with Crippen LogP contribution < -0.4 is 11.1 Å². The molecule has 1 aromatic rings. The van der Waals surface area contributed by atoms with E-state index < -0.39 is 6.03 Å². The molecular formula is C14H22N6O2. The molecule has 3 rings (SSSR count). The fourth-order valence-corrected chi connectivity index (χ4v) is 3.04. The first-order valence-corrected chi connectivity index (χ1v) is 7.76. The van der Waals surface area contributed by atoms with Crippen molar-refractivity contribution in [3.8, 4) is 0 Å². The number of anilines is 1. The second kappa shape index (κ2) is 6.35. The molecule has 0 aliphatic carbocycles. The number of nitrogens with two attached hydrogens (primary N) is 1. The Morgan fingerprint density at radius 3 is 2.73 bits per heavy atom. The van der Waals surface area contributed by atoms with Gasteiger partial charge in [-0.05, 0) is 25.9 Å². The van der Waals surface area contributed by atoms with Gasteiger partial charge in [0.05, 0.1) is 18.8 Å². The number of hydrogen-bond acceptors (Lipinski definition) is 4. The van der Waals surface area contributed by atoms with E-state index in [0.29, 0.717) is 25.3 Å². The molecule has 0 saturated carbocycles. The van der Waals surface area contributed by atoms with E-state index in [1.165, 1.54) is 24.2 Å². The summed E-state index contributed by atoms with van der Waals surface area (Å²) >= 11 is 0. The fourth-order valence-electron chi connectivity index (χ4n) is 3.04. The second-order valence-electron chi connectivity index (χ2n) is 5.92. The van der Waals surface area contributed by atoms with Gasteiger partial charge in [0, 0.05) is 18.5 Å². The molecule has 2 aliphatic heterocycles. The number of carbonyl (C=O) groups is 2. The summed E-state index contributed by atoms with van der Waals surface area (Å²) in [6.07, 6.45) is 4.20. The van der Waals surface area contributed by atoms with Crippen LogP contribution in [0.4, 0.5) is 10.6 Å². The predicted octanol–water partition coefficient (Wildman–Crippen LogP) is 0.618. The highest BCUT2D eigenvalue weighted by molar-refractivity contribution is 5.91. The van der Waals surface area contributed by atoms with Gasteiger partial charge in [0.2, 0.25) is 5.91 Å². The van der Waals surface area contributed by atoms with Crippen molar-refractivity contribution in [1.82, 2.24) is 20.0 Å². The van der Waals surface area contributed by atoms with Crippen LogP contribution in [0, 0.1) is 0 Å². The zero-order valence-electron chi connectivity index (χ0n) is 12.6. The molecular weight excluding hydrogens is 284 g/mol. The number of amides is 3. The van der Waals surface area contributed by atoms with Gasteiger partial charge in [-0.25, -0.2) is 4.79 Å². The van der Waals surface area contributed by atoms with Crippen LogP contribution >= 0.6 is 0 Å². The molecule has 8 heteroatoms.